The molecule has 0 fully saturated rings. The summed E-state index contributed by atoms with van der Waals surface area (Å²) < 4.78 is 14.2. The number of fused-ring (bicyclic) bond motifs is 1. The van der Waals surface area contributed by atoms with Gasteiger partial charge in [0.25, 0.3) is 5.91 Å². The molecule has 1 unspecified atom stereocenters. The minimum absolute atomic E-state index is 0.240. The molecular weight excluding hydrogens is 461 g/mol. The van der Waals surface area contributed by atoms with E-state index in [4.69, 9.17) is 5.14 Å². The molecule has 4 N–H and O–H groups in total. The van der Waals surface area contributed by atoms with Crippen molar-refractivity contribution in [3.8, 4) is 0 Å². The fourth-order valence-electron chi connectivity index (χ4n) is 3.23. The number of nitrogens with zero attached hydrogens (tertiary/aromatic N) is 4. The van der Waals surface area contributed by atoms with Gasteiger partial charge >= 0.3 is 0 Å². The number of hydrogen-bond acceptors (Lipinski definition) is 9. The van der Waals surface area contributed by atoms with Crippen molar-refractivity contribution in [2.45, 2.75) is 31.2 Å². The minimum Gasteiger partial charge on any atom is -0.350 e. The quantitative estimate of drug-likeness (QED) is 0.321. The van der Waals surface area contributed by atoms with Crippen molar-refractivity contribution < 1.29 is 9.18 Å². The number of rotatable bonds is 8. The highest BCUT2D eigenvalue weighted by Crippen LogP contribution is 2.26. The summed E-state index contributed by atoms with van der Waals surface area (Å²) in [5.41, 5.74) is 2.43. The molecular formula is C22H22FN7OS2. The lowest BCUT2D eigenvalue weighted by Crippen LogP contribution is -2.27. The van der Waals surface area contributed by atoms with Gasteiger partial charge in [-0.05, 0) is 61.5 Å². The zero-order valence-electron chi connectivity index (χ0n) is 18.0. The molecule has 0 spiro atoms. The molecule has 3 heterocycles. The summed E-state index contributed by atoms with van der Waals surface area (Å²) in [4.78, 5) is 31.2. The molecule has 4 aromatic rings. The summed E-state index contributed by atoms with van der Waals surface area (Å²) in [6.07, 6.45) is 3.38. The molecule has 1 atom stereocenters. The van der Waals surface area contributed by atoms with E-state index in [1.54, 1.807) is 6.20 Å². The first kappa shape index (κ1) is 23.0. The van der Waals surface area contributed by atoms with Crippen LogP contribution in [0.5, 0.6) is 0 Å². The van der Waals surface area contributed by atoms with Gasteiger partial charge in [0.05, 0.1) is 17.2 Å². The van der Waals surface area contributed by atoms with Gasteiger partial charge in [0.15, 0.2) is 11.3 Å². The van der Waals surface area contributed by atoms with Gasteiger partial charge in [-0.15, -0.1) is 11.3 Å². The van der Waals surface area contributed by atoms with Crippen molar-refractivity contribution in [2.24, 2.45) is 5.14 Å². The summed E-state index contributed by atoms with van der Waals surface area (Å²) in [6.45, 7) is 4.14. The van der Waals surface area contributed by atoms with E-state index in [1.807, 2.05) is 38.1 Å². The van der Waals surface area contributed by atoms with E-state index in [0.717, 1.165) is 21.7 Å². The van der Waals surface area contributed by atoms with Gasteiger partial charge in [-0.2, -0.15) is 4.98 Å². The maximum Gasteiger partial charge on any atom is 0.271 e. The first-order valence-corrected chi connectivity index (χ1v) is 11.9. The summed E-state index contributed by atoms with van der Waals surface area (Å²) in [5.74, 6) is -0.489. The highest BCUT2D eigenvalue weighted by molar-refractivity contribution is 7.97. The first-order chi connectivity index (χ1) is 15.9. The second-order valence-electron chi connectivity index (χ2n) is 7.35. The van der Waals surface area contributed by atoms with Crippen molar-refractivity contribution in [1.82, 2.24) is 25.3 Å². The number of pyridine rings is 1. The van der Waals surface area contributed by atoms with Gasteiger partial charge in [0.1, 0.15) is 10.5 Å². The van der Waals surface area contributed by atoms with E-state index in [2.05, 4.69) is 30.6 Å². The van der Waals surface area contributed by atoms with Crippen LogP contribution in [0.3, 0.4) is 0 Å². The number of halogens is 1. The molecule has 0 saturated carbocycles. The Bertz CT molecular complexity index is 1280. The molecule has 170 valence electrons. The Labute approximate surface area is 198 Å². The van der Waals surface area contributed by atoms with Crippen molar-refractivity contribution in [3.05, 3.63) is 70.4 Å². The number of anilines is 1. The van der Waals surface area contributed by atoms with Gasteiger partial charge < -0.3 is 10.6 Å². The maximum atomic E-state index is 13.5. The number of carbonyl (C=O) groups excluding carboxylic acids is 1. The Hall–Kier alpha value is -3.15. The highest BCUT2D eigenvalue weighted by Gasteiger charge is 2.19. The van der Waals surface area contributed by atoms with Gasteiger partial charge in [0, 0.05) is 17.6 Å². The Morgan fingerprint density at radius 1 is 1.21 bits per heavy atom. The average Bonchev–Trinajstić information content (AvgIpc) is 3.18. The Kier molecular flexibility index (Phi) is 7.11. The van der Waals surface area contributed by atoms with Crippen LogP contribution in [0, 0.1) is 12.7 Å². The van der Waals surface area contributed by atoms with Crippen molar-refractivity contribution in [1.29, 1.82) is 0 Å². The lowest BCUT2D eigenvalue weighted by atomic mass is 10.1. The largest absolute Gasteiger partial charge is 0.350 e. The predicted molar refractivity (Wildman–Crippen MR) is 129 cm³/mol. The summed E-state index contributed by atoms with van der Waals surface area (Å²) in [7, 11) is 0. The van der Waals surface area contributed by atoms with Crippen molar-refractivity contribution >= 4 is 45.5 Å². The molecule has 8 nitrogen and oxygen atoms in total. The topological polar surface area (TPSA) is 119 Å². The third kappa shape index (κ3) is 5.62. The number of aromatic nitrogens is 4. The average molecular weight is 484 g/mol. The molecule has 33 heavy (non-hydrogen) atoms. The predicted octanol–water partition coefficient (Wildman–Crippen LogP) is 4.04. The molecule has 0 aliphatic heterocycles. The van der Waals surface area contributed by atoms with E-state index < -0.39 is 5.82 Å². The SMILES string of the molecule is Cc1nc2nc(NC(C)c3cncc(F)c3)nc(C(=O)NCCc3ccc(SN)cc3)c2s1. The van der Waals surface area contributed by atoms with Crippen LogP contribution in [0.1, 0.15) is 39.6 Å². The Morgan fingerprint density at radius 3 is 2.73 bits per heavy atom. The van der Waals surface area contributed by atoms with Crippen LogP contribution in [0.25, 0.3) is 10.3 Å². The minimum atomic E-state index is -0.427. The Balaban J connectivity index is 1.51. The third-order valence-corrected chi connectivity index (χ3v) is 6.42. The van der Waals surface area contributed by atoms with E-state index in [0.29, 0.717) is 28.9 Å². The monoisotopic (exact) mass is 483 g/mol. The Morgan fingerprint density at radius 2 is 2.00 bits per heavy atom. The standard InChI is InChI=1S/C22H22FN7OS2/c1-12(15-9-16(23)11-25-10-15)27-22-29-18(19-20(30-22)28-13(2)32-19)21(31)26-8-7-14-3-5-17(33-24)6-4-14/h3-6,9-12H,7-8,24H2,1-2H3,(H,26,31)(H,27,29,30). The number of aryl methyl sites for hydroxylation is 1. The van der Waals surface area contributed by atoms with Crippen LogP contribution in [-0.4, -0.2) is 32.4 Å². The van der Waals surface area contributed by atoms with Crippen LogP contribution in [0.2, 0.25) is 0 Å². The zero-order valence-corrected chi connectivity index (χ0v) is 19.6. The number of amides is 1. The number of benzene rings is 1. The molecule has 1 aromatic carbocycles. The van der Waals surface area contributed by atoms with Gasteiger partial charge in [-0.3, -0.25) is 14.9 Å². The van der Waals surface area contributed by atoms with Crippen LogP contribution in [-0.2, 0) is 6.42 Å². The zero-order chi connectivity index (χ0) is 23.4. The molecule has 0 saturated heterocycles. The molecule has 3 aromatic heterocycles. The number of carbonyl (C=O) groups is 1. The second kappa shape index (κ2) is 10.2. The second-order valence-corrected chi connectivity index (χ2v) is 9.26. The van der Waals surface area contributed by atoms with Crippen LogP contribution >= 0.6 is 23.3 Å². The summed E-state index contributed by atoms with van der Waals surface area (Å²) in [6, 6.07) is 8.94. The fraction of sp³-hybridized carbons (Fsp3) is 0.227. The number of thiazole rings is 1. The third-order valence-electron chi connectivity index (χ3n) is 4.91. The van der Waals surface area contributed by atoms with Gasteiger partial charge in [-0.25, -0.2) is 14.4 Å². The van der Waals surface area contributed by atoms with Gasteiger partial charge in [0.2, 0.25) is 5.95 Å². The fourth-order valence-corrected chi connectivity index (χ4v) is 4.37. The molecule has 4 rings (SSSR count). The van der Waals surface area contributed by atoms with Crippen LogP contribution < -0.4 is 15.8 Å². The van der Waals surface area contributed by atoms with Gasteiger partial charge in [-0.1, -0.05) is 12.1 Å². The lowest BCUT2D eigenvalue weighted by molar-refractivity contribution is 0.0951. The van der Waals surface area contributed by atoms with E-state index in [9.17, 15) is 9.18 Å². The maximum absolute atomic E-state index is 13.5. The smallest absolute Gasteiger partial charge is 0.271 e. The van der Waals surface area contributed by atoms with E-state index in [1.165, 1.54) is 29.4 Å². The van der Waals surface area contributed by atoms with Crippen LogP contribution in [0.15, 0.2) is 47.6 Å². The summed E-state index contributed by atoms with van der Waals surface area (Å²) >= 11 is 2.56. The number of nitrogens with one attached hydrogen (secondary N) is 2. The lowest BCUT2D eigenvalue weighted by Gasteiger charge is -2.14. The molecule has 0 aliphatic rings. The van der Waals surface area contributed by atoms with Crippen molar-refractivity contribution in [2.75, 3.05) is 11.9 Å². The molecule has 0 aliphatic carbocycles. The molecule has 1 amide bonds. The van der Waals surface area contributed by atoms with Crippen LogP contribution in [0.4, 0.5) is 10.3 Å². The molecule has 11 heteroatoms. The van der Waals surface area contributed by atoms with E-state index >= 15 is 0 Å². The highest BCUT2D eigenvalue weighted by atomic mass is 32.2. The molecule has 0 radical (unpaired) electrons. The number of nitrogens with two attached hydrogens (primary N) is 1. The number of hydrogen-bond donors (Lipinski definition) is 3. The summed E-state index contributed by atoms with van der Waals surface area (Å²) in [5, 5.41) is 12.4. The van der Waals surface area contributed by atoms with E-state index in [-0.39, 0.29) is 23.6 Å². The normalized spacial score (nSPS) is 12.0. The first-order valence-electron chi connectivity index (χ1n) is 10.2. The van der Waals surface area contributed by atoms with Crippen molar-refractivity contribution in [3.63, 3.8) is 0 Å². The molecule has 0 bridgehead atoms.